The van der Waals surface area contributed by atoms with Crippen molar-refractivity contribution in [3.05, 3.63) is 40.9 Å². The molecule has 0 spiro atoms. The Morgan fingerprint density at radius 1 is 1.33 bits per heavy atom. The van der Waals surface area contributed by atoms with Crippen molar-refractivity contribution in [2.45, 2.75) is 18.8 Å². The maximum atomic E-state index is 11.9. The number of benzene rings is 1. The Morgan fingerprint density at radius 3 is 2.72 bits per heavy atom. The van der Waals surface area contributed by atoms with E-state index in [1.807, 2.05) is 5.38 Å². The van der Waals surface area contributed by atoms with Crippen LogP contribution in [0.25, 0.3) is 0 Å². The number of nitrogens with one attached hydrogen (secondary N) is 1. The van der Waals surface area contributed by atoms with E-state index in [-0.39, 0.29) is 5.91 Å². The third-order valence-corrected chi connectivity index (χ3v) is 3.69. The third-order valence-electron chi connectivity index (χ3n) is 2.91. The Kier molecular flexibility index (Phi) is 2.76. The predicted octanol–water partition coefficient (Wildman–Crippen LogP) is 2.86. The molecule has 3 N–H and O–H groups in total. The highest BCUT2D eigenvalue weighted by molar-refractivity contribution is 7.14. The Balaban J connectivity index is 1.70. The van der Waals surface area contributed by atoms with Gasteiger partial charge >= 0.3 is 0 Å². The molecular formula is C13H13N3OS. The zero-order valence-electron chi connectivity index (χ0n) is 9.72. The van der Waals surface area contributed by atoms with Crippen LogP contribution in [0, 0.1) is 0 Å². The highest BCUT2D eigenvalue weighted by atomic mass is 32.1. The Bertz CT molecular complexity index is 572. The van der Waals surface area contributed by atoms with Crippen LogP contribution in [-0.2, 0) is 0 Å². The lowest BCUT2D eigenvalue weighted by Gasteiger charge is -2.01. The molecule has 1 aromatic carbocycles. The average Bonchev–Trinajstić information content (AvgIpc) is 3.11. The van der Waals surface area contributed by atoms with E-state index in [0.717, 1.165) is 5.69 Å². The summed E-state index contributed by atoms with van der Waals surface area (Å²) >= 11 is 1.48. The summed E-state index contributed by atoms with van der Waals surface area (Å²) in [4.78, 5) is 16.4. The number of aromatic nitrogens is 1. The summed E-state index contributed by atoms with van der Waals surface area (Å²) in [6.45, 7) is 0. The summed E-state index contributed by atoms with van der Waals surface area (Å²) in [6.07, 6.45) is 2.43. The highest BCUT2D eigenvalue weighted by Gasteiger charge is 2.26. The summed E-state index contributed by atoms with van der Waals surface area (Å²) in [7, 11) is 0. The van der Waals surface area contributed by atoms with Gasteiger partial charge in [0.05, 0.1) is 5.69 Å². The second-order valence-corrected chi connectivity index (χ2v) is 5.29. The molecule has 2 aromatic rings. The lowest BCUT2D eigenvalue weighted by atomic mass is 10.2. The van der Waals surface area contributed by atoms with E-state index in [2.05, 4.69) is 10.3 Å². The zero-order valence-corrected chi connectivity index (χ0v) is 10.5. The molecule has 1 heterocycles. The summed E-state index contributed by atoms with van der Waals surface area (Å²) in [5.41, 5.74) is 7.93. The number of thiazole rings is 1. The second kappa shape index (κ2) is 4.42. The van der Waals surface area contributed by atoms with Crippen molar-refractivity contribution in [2.24, 2.45) is 0 Å². The van der Waals surface area contributed by atoms with Gasteiger partial charge in [-0.1, -0.05) is 0 Å². The van der Waals surface area contributed by atoms with Crippen LogP contribution >= 0.6 is 11.3 Å². The van der Waals surface area contributed by atoms with E-state index in [1.165, 1.54) is 24.2 Å². The fourth-order valence-electron chi connectivity index (χ4n) is 1.71. The molecule has 5 heteroatoms. The molecule has 1 fully saturated rings. The van der Waals surface area contributed by atoms with Crippen LogP contribution in [0.15, 0.2) is 29.6 Å². The number of nitrogens with two attached hydrogens (primary N) is 1. The minimum absolute atomic E-state index is 0.147. The third kappa shape index (κ3) is 2.36. The number of anilines is 2. The first-order chi connectivity index (χ1) is 8.72. The molecule has 1 amide bonds. The smallest absolute Gasteiger partial charge is 0.257 e. The van der Waals surface area contributed by atoms with Crippen LogP contribution in [0.4, 0.5) is 10.8 Å². The summed E-state index contributed by atoms with van der Waals surface area (Å²) < 4.78 is 0. The summed E-state index contributed by atoms with van der Waals surface area (Å²) in [5.74, 6) is 0.468. The minimum atomic E-state index is -0.147. The SMILES string of the molecule is Nc1ccc(C(=O)Nc2nc(C3CC3)cs2)cc1. The lowest BCUT2D eigenvalue weighted by Crippen LogP contribution is -2.11. The van der Waals surface area contributed by atoms with Crippen molar-refractivity contribution in [3.8, 4) is 0 Å². The molecule has 4 nitrogen and oxygen atoms in total. The monoisotopic (exact) mass is 259 g/mol. The molecule has 0 unspecified atom stereocenters. The highest BCUT2D eigenvalue weighted by Crippen LogP contribution is 2.40. The van der Waals surface area contributed by atoms with Crippen LogP contribution in [0.3, 0.4) is 0 Å². The number of nitrogens with zero attached hydrogens (tertiary/aromatic N) is 1. The molecule has 0 bridgehead atoms. The van der Waals surface area contributed by atoms with Crippen molar-refractivity contribution >= 4 is 28.1 Å². The number of carbonyl (C=O) groups is 1. The van der Waals surface area contributed by atoms with E-state index in [1.54, 1.807) is 24.3 Å². The lowest BCUT2D eigenvalue weighted by molar-refractivity contribution is 0.102. The zero-order chi connectivity index (χ0) is 12.5. The van der Waals surface area contributed by atoms with Gasteiger partial charge in [0.15, 0.2) is 5.13 Å². The van der Waals surface area contributed by atoms with Gasteiger partial charge in [-0.25, -0.2) is 4.98 Å². The normalized spacial score (nSPS) is 14.4. The maximum absolute atomic E-state index is 11.9. The molecule has 0 aliphatic heterocycles. The van der Waals surface area contributed by atoms with E-state index in [9.17, 15) is 4.79 Å². The Morgan fingerprint density at radius 2 is 2.06 bits per heavy atom. The Hall–Kier alpha value is -1.88. The van der Waals surface area contributed by atoms with Crippen LogP contribution in [0.1, 0.15) is 34.8 Å². The molecule has 0 atom stereocenters. The molecular weight excluding hydrogens is 246 g/mol. The van der Waals surface area contributed by atoms with E-state index in [4.69, 9.17) is 5.73 Å². The van der Waals surface area contributed by atoms with Crippen molar-refractivity contribution < 1.29 is 4.79 Å². The summed E-state index contributed by atoms with van der Waals surface area (Å²) in [5, 5.41) is 5.50. The largest absolute Gasteiger partial charge is 0.399 e. The van der Waals surface area contributed by atoms with Gasteiger partial charge in [0, 0.05) is 22.5 Å². The van der Waals surface area contributed by atoms with Gasteiger partial charge in [-0.2, -0.15) is 0 Å². The molecule has 18 heavy (non-hydrogen) atoms. The molecule has 92 valence electrons. The first-order valence-corrected chi connectivity index (χ1v) is 6.72. The van der Waals surface area contributed by atoms with Crippen molar-refractivity contribution in [3.63, 3.8) is 0 Å². The van der Waals surface area contributed by atoms with Gasteiger partial charge in [0.1, 0.15) is 0 Å². The summed E-state index contributed by atoms with van der Waals surface area (Å²) in [6, 6.07) is 6.85. The van der Waals surface area contributed by atoms with Crippen molar-refractivity contribution in [2.75, 3.05) is 11.1 Å². The van der Waals surface area contributed by atoms with E-state index >= 15 is 0 Å². The van der Waals surface area contributed by atoms with Crippen LogP contribution < -0.4 is 11.1 Å². The minimum Gasteiger partial charge on any atom is -0.399 e. The Labute approximate surface area is 109 Å². The molecule has 1 aliphatic rings. The topological polar surface area (TPSA) is 68.0 Å². The fourth-order valence-corrected chi connectivity index (χ4v) is 2.50. The molecule has 1 aliphatic carbocycles. The van der Waals surface area contributed by atoms with Crippen molar-refractivity contribution in [1.82, 2.24) is 4.98 Å². The molecule has 0 saturated heterocycles. The van der Waals surface area contributed by atoms with Gasteiger partial charge in [0.25, 0.3) is 5.91 Å². The molecule has 1 saturated carbocycles. The van der Waals surface area contributed by atoms with Crippen molar-refractivity contribution in [1.29, 1.82) is 0 Å². The van der Waals surface area contributed by atoms with Gasteiger partial charge in [-0.15, -0.1) is 11.3 Å². The first-order valence-electron chi connectivity index (χ1n) is 5.85. The standard InChI is InChI=1S/C13H13N3OS/c14-10-5-3-9(4-6-10)12(17)16-13-15-11(7-18-13)8-1-2-8/h3-8H,1-2,14H2,(H,15,16,17). The molecule has 3 rings (SSSR count). The van der Waals surface area contributed by atoms with Crippen LogP contribution in [-0.4, -0.2) is 10.9 Å². The molecule has 0 radical (unpaired) electrons. The van der Waals surface area contributed by atoms with Crippen LogP contribution in [0.5, 0.6) is 0 Å². The van der Waals surface area contributed by atoms with E-state index < -0.39 is 0 Å². The second-order valence-electron chi connectivity index (χ2n) is 4.43. The van der Waals surface area contributed by atoms with Gasteiger partial charge in [0.2, 0.25) is 0 Å². The molecule has 1 aromatic heterocycles. The quantitative estimate of drug-likeness (QED) is 0.833. The van der Waals surface area contributed by atoms with Crippen LogP contribution in [0.2, 0.25) is 0 Å². The van der Waals surface area contributed by atoms with Gasteiger partial charge < -0.3 is 5.73 Å². The maximum Gasteiger partial charge on any atom is 0.257 e. The van der Waals surface area contributed by atoms with Gasteiger partial charge in [-0.3, -0.25) is 10.1 Å². The number of amides is 1. The number of carbonyl (C=O) groups excluding carboxylic acids is 1. The number of hydrogen-bond acceptors (Lipinski definition) is 4. The van der Waals surface area contributed by atoms with E-state index in [0.29, 0.717) is 22.3 Å². The number of rotatable bonds is 3. The van der Waals surface area contributed by atoms with Gasteiger partial charge in [-0.05, 0) is 37.1 Å². The fraction of sp³-hybridized carbons (Fsp3) is 0.231. The predicted molar refractivity (Wildman–Crippen MR) is 72.9 cm³/mol. The first kappa shape index (κ1) is 11.2. The average molecular weight is 259 g/mol. The number of hydrogen-bond donors (Lipinski definition) is 2. The number of nitrogen functional groups attached to an aromatic ring is 1.